The van der Waals surface area contributed by atoms with Crippen LogP contribution in [0.1, 0.15) is 10.4 Å². The molecule has 22 heavy (non-hydrogen) atoms. The number of carbonyl (C=O) groups is 1. The maximum atomic E-state index is 13.1. The van der Waals surface area contributed by atoms with Crippen LogP contribution >= 0.6 is 0 Å². The van der Waals surface area contributed by atoms with Gasteiger partial charge in [-0.25, -0.2) is 13.8 Å². The summed E-state index contributed by atoms with van der Waals surface area (Å²) in [5.74, 6) is -2.67. The first-order valence-electron chi connectivity index (χ1n) is 6.33. The molecule has 0 amide bonds. The Morgan fingerprint density at radius 2 is 2.05 bits per heavy atom. The third kappa shape index (κ3) is 2.28. The van der Waals surface area contributed by atoms with Crippen LogP contribution in [-0.2, 0) is 13.6 Å². The maximum Gasteiger partial charge on any atom is 0.264 e. The summed E-state index contributed by atoms with van der Waals surface area (Å²) in [6, 6.07) is 2.84. The minimum absolute atomic E-state index is 0.0166. The molecule has 8 heteroatoms. The Morgan fingerprint density at radius 1 is 1.27 bits per heavy atom. The molecular formula is C14H10F2N4O2. The van der Waals surface area contributed by atoms with E-state index in [1.165, 1.54) is 23.3 Å². The molecule has 0 saturated heterocycles. The second-order valence-corrected chi connectivity index (χ2v) is 4.74. The van der Waals surface area contributed by atoms with Crippen LogP contribution in [0.15, 0.2) is 35.5 Å². The summed E-state index contributed by atoms with van der Waals surface area (Å²) in [6.07, 6.45) is 2.59. The number of aryl methyl sites for hydroxylation is 1. The van der Waals surface area contributed by atoms with Crippen molar-refractivity contribution in [3.8, 4) is 0 Å². The van der Waals surface area contributed by atoms with Gasteiger partial charge in [0.2, 0.25) is 0 Å². The molecule has 0 saturated carbocycles. The summed E-state index contributed by atoms with van der Waals surface area (Å²) < 4.78 is 28.6. The zero-order chi connectivity index (χ0) is 15.9. The highest BCUT2D eigenvalue weighted by molar-refractivity contribution is 5.96. The first kappa shape index (κ1) is 14.1. The van der Waals surface area contributed by atoms with Crippen LogP contribution in [-0.4, -0.2) is 25.1 Å². The Kier molecular flexibility index (Phi) is 3.28. The second kappa shape index (κ2) is 5.14. The first-order chi connectivity index (χ1) is 10.5. The van der Waals surface area contributed by atoms with Gasteiger partial charge < -0.3 is 0 Å². The van der Waals surface area contributed by atoms with Crippen LogP contribution in [0.5, 0.6) is 0 Å². The van der Waals surface area contributed by atoms with Crippen LogP contribution in [0.25, 0.3) is 11.0 Å². The number of aromatic nitrogens is 4. The topological polar surface area (TPSA) is 69.8 Å². The molecule has 3 aromatic rings. The zero-order valence-corrected chi connectivity index (χ0v) is 11.5. The highest BCUT2D eigenvalue weighted by Crippen LogP contribution is 2.10. The van der Waals surface area contributed by atoms with E-state index in [0.29, 0.717) is 5.65 Å². The second-order valence-electron chi connectivity index (χ2n) is 4.74. The molecule has 6 nitrogen and oxygen atoms in total. The quantitative estimate of drug-likeness (QED) is 0.684. The highest BCUT2D eigenvalue weighted by Gasteiger charge is 2.13. The molecule has 3 rings (SSSR count). The molecule has 2 aromatic heterocycles. The minimum Gasteiger partial charge on any atom is -0.292 e. The highest BCUT2D eigenvalue weighted by atomic mass is 19.2. The van der Waals surface area contributed by atoms with Gasteiger partial charge in [-0.05, 0) is 18.2 Å². The Hall–Kier alpha value is -2.90. The van der Waals surface area contributed by atoms with Gasteiger partial charge >= 0.3 is 0 Å². The summed E-state index contributed by atoms with van der Waals surface area (Å²) in [5.41, 5.74) is -0.0346. The van der Waals surface area contributed by atoms with Crippen LogP contribution < -0.4 is 5.56 Å². The van der Waals surface area contributed by atoms with Gasteiger partial charge in [-0.3, -0.25) is 18.8 Å². The van der Waals surface area contributed by atoms with E-state index in [-0.39, 0.29) is 17.5 Å². The van der Waals surface area contributed by atoms with E-state index in [1.807, 2.05) is 0 Å². The Labute approximate surface area is 122 Å². The fourth-order valence-electron chi connectivity index (χ4n) is 2.09. The largest absolute Gasteiger partial charge is 0.292 e. The van der Waals surface area contributed by atoms with E-state index < -0.39 is 23.0 Å². The average Bonchev–Trinajstić information content (AvgIpc) is 2.87. The van der Waals surface area contributed by atoms with Crippen LogP contribution in [0, 0.1) is 11.6 Å². The van der Waals surface area contributed by atoms with E-state index in [9.17, 15) is 18.4 Å². The number of Topliss-reactive ketones (excluding diaryl/α,β-unsaturated/α-hetero) is 1. The van der Waals surface area contributed by atoms with Crippen molar-refractivity contribution in [3.63, 3.8) is 0 Å². The van der Waals surface area contributed by atoms with Crippen molar-refractivity contribution in [1.82, 2.24) is 19.3 Å². The van der Waals surface area contributed by atoms with Gasteiger partial charge in [0, 0.05) is 12.6 Å². The smallest absolute Gasteiger partial charge is 0.264 e. The lowest BCUT2D eigenvalue weighted by Gasteiger charge is -2.05. The van der Waals surface area contributed by atoms with Crippen LogP contribution in [0.3, 0.4) is 0 Å². The molecule has 0 aliphatic rings. The normalized spacial score (nSPS) is 11.0. The van der Waals surface area contributed by atoms with Crippen molar-refractivity contribution >= 4 is 16.8 Å². The van der Waals surface area contributed by atoms with Crippen molar-refractivity contribution in [2.75, 3.05) is 0 Å². The van der Waals surface area contributed by atoms with Gasteiger partial charge in [-0.2, -0.15) is 5.10 Å². The third-order valence-electron chi connectivity index (χ3n) is 3.27. The predicted octanol–water partition coefficient (Wildman–Crippen LogP) is 1.29. The number of nitrogens with zero attached hydrogens (tertiary/aromatic N) is 4. The van der Waals surface area contributed by atoms with E-state index in [4.69, 9.17) is 0 Å². The predicted molar refractivity (Wildman–Crippen MR) is 73.5 cm³/mol. The molecule has 0 aliphatic heterocycles. The molecule has 0 bridgehead atoms. The number of fused-ring (bicyclic) bond motifs is 1. The number of hydrogen-bond donors (Lipinski definition) is 0. The number of benzene rings is 1. The Bertz CT molecular complexity index is 946. The van der Waals surface area contributed by atoms with Crippen molar-refractivity contribution in [2.24, 2.45) is 7.05 Å². The lowest BCUT2D eigenvalue weighted by molar-refractivity contribution is 0.0970. The number of rotatable bonds is 3. The van der Waals surface area contributed by atoms with E-state index in [1.54, 1.807) is 7.05 Å². The maximum absolute atomic E-state index is 13.1. The monoisotopic (exact) mass is 304 g/mol. The summed E-state index contributed by atoms with van der Waals surface area (Å²) >= 11 is 0. The minimum atomic E-state index is -1.11. The van der Waals surface area contributed by atoms with Gasteiger partial charge in [0.1, 0.15) is 11.7 Å². The molecular weight excluding hydrogens is 294 g/mol. The lowest BCUT2D eigenvalue weighted by Crippen LogP contribution is -2.24. The Morgan fingerprint density at radius 3 is 2.77 bits per heavy atom. The van der Waals surface area contributed by atoms with Gasteiger partial charge in [-0.1, -0.05) is 0 Å². The number of carbonyl (C=O) groups excluding carboxylic acids is 1. The first-order valence-corrected chi connectivity index (χ1v) is 6.33. The summed E-state index contributed by atoms with van der Waals surface area (Å²) in [6.45, 7) is -0.318. The van der Waals surface area contributed by atoms with Crippen LogP contribution in [0.2, 0.25) is 0 Å². The molecule has 0 atom stereocenters. The van der Waals surface area contributed by atoms with Gasteiger partial charge in [0.15, 0.2) is 23.1 Å². The summed E-state index contributed by atoms with van der Waals surface area (Å²) in [4.78, 5) is 28.3. The molecule has 1 aromatic carbocycles. The standard InChI is InChI=1S/C14H10F2N4O2/c1-19-13-9(5-18-19)14(22)20(7-17-13)6-12(21)8-2-3-10(15)11(16)4-8/h2-5,7H,6H2,1H3. The molecule has 0 spiro atoms. The SMILES string of the molecule is Cn1ncc2c(=O)n(CC(=O)c3ccc(F)c(F)c3)cnc21. The van der Waals surface area contributed by atoms with E-state index >= 15 is 0 Å². The molecule has 0 unspecified atom stereocenters. The molecule has 112 valence electrons. The van der Waals surface area contributed by atoms with Crippen LogP contribution in [0.4, 0.5) is 8.78 Å². The Balaban J connectivity index is 1.95. The fourth-order valence-corrected chi connectivity index (χ4v) is 2.09. The van der Waals surface area contributed by atoms with Crippen molar-refractivity contribution in [2.45, 2.75) is 6.54 Å². The molecule has 0 aliphatic carbocycles. The third-order valence-corrected chi connectivity index (χ3v) is 3.27. The number of hydrogen-bond acceptors (Lipinski definition) is 4. The molecule has 0 fully saturated rings. The van der Waals surface area contributed by atoms with Gasteiger partial charge in [-0.15, -0.1) is 0 Å². The van der Waals surface area contributed by atoms with Crippen molar-refractivity contribution in [1.29, 1.82) is 0 Å². The van der Waals surface area contributed by atoms with Gasteiger partial charge in [0.25, 0.3) is 5.56 Å². The van der Waals surface area contributed by atoms with Gasteiger partial charge in [0.05, 0.1) is 12.7 Å². The summed E-state index contributed by atoms with van der Waals surface area (Å²) in [5, 5.41) is 4.20. The molecule has 0 radical (unpaired) electrons. The van der Waals surface area contributed by atoms with Crippen molar-refractivity contribution in [3.05, 3.63) is 58.3 Å². The number of ketones is 1. The zero-order valence-electron chi connectivity index (χ0n) is 11.5. The van der Waals surface area contributed by atoms with E-state index in [0.717, 1.165) is 16.7 Å². The average molecular weight is 304 g/mol. The molecule has 2 heterocycles. The number of halogens is 2. The van der Waals surface area contributed by atoms with Crippen molar-refractivity contribution < 1.29 is 13.6 Å². The summed E-state index contributed by atoms with van der Waals surface area (Å²) in [7, 11) is 1.64. The molecule has 0 N–H and O–H groups in total. The fraction of sp³-hybridized carbons (Fsp3) is 0.143. The lowest BCUT2D eigenvalue weighted by atomic mass is 10.1. The van der Waals surface area contributed by atoms with E-state index in [2.05, 4.69) is 10.1 Å².